The van der Waals surface area contributed by atoms with Crippen molar-refractivity contribution in [3.63, 3.8) is 0 Å². The van der Waals surface area contributed by atoms with Crippen molar-refractivity contribution in [1.29, 1.82) is 0 Å². The van der Waals surface area contributed by atoms with Crippen LogP contribution in [0.5, 0.6) is 0 Å². The van der Waals surface area contributed by atoms with E-state index in [0.717, 1.165) is 37.5 Å². The van der Waals surface area contributed by atoms with E-state index < -0.39 is 10.0 Å². The van der Waals surface area contributed by atoms with Crippen LogP contribution in [0.4, 0.5) is 5.69 Å². The number of oxime groups is 1. The molecule has 0 atom stereocenters. The maximum absolute atomic E-state index is 12.5. The molecule has 0 saturated heterocycles. The number of carbonyl (C=O) groups is 1. The molecule has 1 aromatic carbocycles. The van der Waals surface area contributed by atoms with E-state index in [1.807, 2.05) is 0 Å². The van der Waals surface area contributed by atoms with E-state index >= 15 is 0 Å². The van der Waals surface area contributed by atoms with Gasteiger partial charge in [0.1, 0.15) is 11.3 Å². The van der Waals surface area contributed by atoms with Crippen LogP contribution in [0.3, 0.4) is 0 Å². The highest BCUT2D eigenvalue weighted by Crippen LogP contribution is 2.45. The number of sulfonamides is 1. The maximum Gasteiger partial charge on any atom is 0.269 e. The van der Waals surface area contributed by atoms with Crippen molar-refractivity contribution in [3.8, 4) is 0 Å². The Kier molecular flexibility index (Phi) is 5.94. The van der Waals surface area contributed by atoms with E-state index in [2.05, 4.69) is 36.0 Å². The molecule has 0 bridgehead atoms. The number of hydrogen-bond acceptors (Lipinski definition) is 5. The van der Waals surface area contributed by atoms with Gasteiger partial charge >= 0.3 is 0 Å². The SMILES string of the molecule is CC(C)(C)[C@H]1CC[C@]2(CC1)CC(C(=O)NCc1ccc(NS(C)(=O)=O)cc1)=NO2. The van der Waals surface area contributed by atoms with Crippen molar-refractivity contribution < 1.29 is 18.0 Å². The molecule has 1 aliphatic carbocycles. The minimum atomic E-state index is -3.30. The minimum absolute atomic E-state index is 0.210. The highest BCUT2D eigenvalue weighted by Gasteiger charge is 2.45. The topological polar surface area (TPSA) is 96.9 Å². The fourth-order valence-electron chi connectivity index (χ4n) is 4.11. The second-order valence-electron chi connectivity index (χ2n) is 9.38. The lowest BCUT2D eigenvalue weighted by Gasteiger charge is -2.40. The second kappa shape index (κ2) is 7.97. The summed E-state index contributed by atoms with van der Waals surface area (Å²) in [7, 11) is -3.30. The number of amides is 1. The molecule has 7 nitrogen and oxygen atoms in total. The summed E-state index contributed by atoms with van der Waals surface area (Å²) in [6.07, 6.45) is 5.73. The number of rotatable bonds is 5. The summed E-state index contributed by atoms with van der Waals surface area (Å²) in [6.45, 7) is 7.19. The fourth-order valence-corrected chi connectivity index (χ4v) is 4.67. The van der Waals surface area contributed by atoms with Gasteiger partial charge in [-0.1, -0.05) is 38.1 Å². The summed E-state index contributed by atoms with van der Waals surface area (Å²) >= 11 is 0. The Morgan fingerprint density at radius 3 is 2.38 bits per heavy atom. The van der Waals surface area contributed by atoms with Crippen molar-refractivity contribution in [1.82, 2.24) is 5.32 Å². The first-order valence-electron chi connectivity index (χ1n) is 10.1. The van der Waals surface area contributed by atoms with Crippen LogP contribution in [0.15, 0.2) is 29.4 Å². The van der Waals surface area contributed by atoms with Gasteiger partial charge in [-0.15, -0.1) is 0 Å². The quantitative estimate of drug-likeness (QED) is 0.761. The van der Waals surface area contributed by atoms with Gasteiger partial charge in [0.2, 0.25) is 10.0 Å². The minimum Gasteiger partial charge on any atom is -0.388 e. The first-order chi connectivity index (χ1) is 13.5. The third kappa shape index (κ3) is 5.72. The molecule has 3 rings (SSSR count). The van der Waals surface area contributed by atoms with Crippen LogP contribution in [0.25, 0.3) is 0 Å². The van der Waals surface area contributed by atoms with Gasteiger partial charge in [0, 0.05) is 18.7 Å². The lowest BCUT2D eigenvalue weighted by atomic mass is 9.67. The molecule has 1 amide bonds. The first kappa shape index (κ1) is 21.6. The molecule has 2 N–H and O–H groups in total. The zero-order valence-electron chi connectivity index (χ0n) is 17.6. The second-order valence-corrected chi connectivity index (χ2v) is 11.1. The van der Waals surface area contributed by atoms with E-state index in [1.165, 1.54) is 0 Å². The standard InChI is InChI=1S/C21H31N3O4S/c1-20(2,3)16-9-11-21(12-10-16)13-18(23-28-21)19(25)22-14-15-5-7-17(8-6-15)24-29(4,26)27/h5-8,16,24H,9-14H2,1-4H3,(H,22,25)/t16-,21-. The van der Waals surface area contributed by atoms with Gasteiger partial charge < -0.3 is 10.2 Å². The van der Waals surface area contributed by atoms with E-state index in [0.29, 0.717) is 35.7 Å². The molecule has 0 aromatic heterocycles. The first-order valence-corrected chi connectivity index (χ1v) is 11.9. The third-order valence-electron chi connectivity index (χ3n) is 5.93. The molecular formula is C21H31N3O4S. The Balaban J connectivity index is 1.49. The fraction of sp³-hybridized carbons (Fsp3) is 0.619. The van der Waals surface area contributed by atoms with Gasteiger partial charge in [0.15, 0.2) is 0 Å². The summed E-state index contributed by atoms with van der Waals surface area (Å²) in [5.74, 6) is 0.466. The van der Waals surface area contributed by atoms with E-state index in [4.69, 9.17) is 4.84 Å². The lowest BCUT2D eigenvalue weighted by molar-refractivity contribution is -0.115. The molecule has 1 fully saturated rings. The van der Waals surface area contributed by atoms with Gasteiger partial charge in [-0.05, 0) is 54.7 Å². The van der Waals surface area contributed by atoms with E-state index in [1.54, 1.807) is 24.3 Å². The zero-order valence-corrected chi connectivity index (χ0v) is 18.4. The number of anilines is 1. The number of hydrogen-bond donors (Lipinski definition) is 2. The molecule has 2 aliphatic rings. The van der Waals surface area contributed by atoms with Crippen LogP contribution in [0.1, 0.15) is 58.4 Å². The van der Waals surface area contributed by atoms with Crippen LogP contribution in [0, 0.1) is 11.3 Å². The normalized spacial score (nSPS) is 24.7. The van der Waals surface area contributed by atoms with Crippen molar-refractivity contribution in [2.24, 2.45) is 16.5 Å². The van der Waals surface area contributed by atoms with E-state index in [-0.39, 0.29) is 11.5 Å². The molecule has 1 heterocycles. The molecule has 160 valence electrons. The molecular weight excluding hydrogens is 390 g/mol. The monoisotopic (exact) mass is 421 g/mol. The number of nitrogens with one attached hydrogen (secondary N) is 2. The summed E-state index contributed by atoms with van der Waals surface area (Å²) in [6, 6.07) is 6.88. The van der Waals surface area contributed by atoms with Crippen molar-refractivity contribution in [2.45, 2.75) is 65.0 Å². The zero-order chi connectivity index (χ0) is 21.3. The van der Waals surface area contributed by atoms with Crippen LogP contribution in [-0.4, -0.2) is 31.9 Å². The molecule has 8 heteroatoms. The maximum atomic E-state index is 12.5. The Morgan fingerprint density at radius 2 is 1.83 bits per heavy atom. The van der Waals surface area contributed by atoms with E-state index in [9.17, 15) is 13.2 Å². The molecule has 1 aromatic rings. The molecule has 1 saturated carbocycles. The predicted molar refractivity (Wildman–Crippen MR) is 114 cm³/mol. The highest BCUT2D eigenvalue weighted by atomic mass is 32.2. The Morgan fingerprint density at radius 1 is 1.21 bits per heavy atom. The largest absolute Gasteiger partial charge is 0.388 e. The highest BCUT2D eigenvalue weighted by molar-refractivity contribution is 7.92. The average molecular weight is 422 g/mol. The van der Waals surface area contributed by atoms with Crippen LogP contribution in [0.2, 0.25) is 0 Å². The summed E-state index contributed by atoms with van der Waals surface area (Å²) < 4.78 is 24.9. The molecule has 29 heavy (non-hydrogen) atoms. The van der Waals surface area contributed by atoms with Crippen molar-refractivity contribution in [3.05, 3.63) is 29.8 Å². The van der Waals surface area contributed by atoms with Gasteiger partial charge in [-0.25, -0.2) is 8.42 Å². The van der Waals surface area contributed by atoms with Crippen molar-refractivity contribution in [2.75, 3.05) is 11.0 Å². The number of carbonyl (C=O) groups excluding carboxylic acids is 1. The Bertz CT molecular complexity index is 877. The molecule has 0 radical (unpaired) electrons. The lowest BCUT2D eigenvalue weighted by Crippen LogP contribution is -2.39. The molecule has 1 aliphatic heterocycles. The summed E-state index contributed by atoms with van der Waals surface area (Å²) in [5, 5.41) is 6.97. The van der Waals surface area contributed by atoms with Gasteiger partial charge in [-0.3, -0.25) is 9.52 Å². The van der Waals surface area contributed by atoms with Gasteiger partial charge in [0.05, 0.1) is 6.26 Å². The van der Waals surface area contributed by atoms with Crippen LogP contribution < -0.4 is 10.0 Å². The summed E-state index contributed by atoms with van der Waals surface area (Å²) in [4.78, 5) is 18.3. The van der Waals surface area contributed by atoms with Gasteiger partial charge in [-0.2, -0.15) is 0 Å². The average Bonchev–Trinajstić information content (AvgIpc) is 3.03. The number of benzene rings is 1. The molecule has 1 spiro atoms. The smallest absolute Gasteiger partial charge is 0.269 e. The third-order valence-corrected chi connectivity index (χ3v) is 6.54. The Labute approximate surface area is 173 Å². The van der Waals surface area contributed by atoms with Crippen LogP contribution >= 0.6 is 0 Å². The predicted octanol–water partition coefficient (Wildman–Crippen LogP) is 3.43. The Hall–Kier alpha value is -2.09. The molecule has 0 unspecified atom stereocenters. The van der Waals surface area contributed by atoms with Crippen LogP contribution in [-0.2, 0) is 26.2 Å². The number of nitrogens with zero attached hydrogens (tertiary/aromatic N) is 1. The van der Waals surface area contributed by atoms with Gasteiger partial charge in [0.25, 0.3) is 5.91 Å². The van der Waals surface area contributed by atoms with Crippen molar-refractivity contribution >= 4 is 27.3 Å². The summed E-state index contributed by atoms with van der Waals surface area (Å²) in [5.41, 5.74) is 1.80.